The quantitative estimate of drug-likeness (QED) is 0.726. The molecule has 0 N–H and O–H groups in total. The van der Waals surface area contributed by atoms with Crippen molar-refractivity contribution in [3.05, 3.63) is 0 Å². The lowest BCUT2D eigenvalue weighted by Gasteiger charge is -2.29. The molecule has 0 unspecified atom stereocenters. The lowest BCUT2D eigenvalue weighted by atomic mass is 9.83. The molecule has 2 rings (SSSR count). The number of hydrogen-bond donors (Lipinski definition) is 0. The molecular weight excluding hydrogens is 214 g/mol. The molecule has 0 saturated carbocycles. The standard InChI is InChI=1S/C11H18F2N2O/c1-4-8-5-6-14-7-10(2,11(3,12)13)9(16)15(8)14/h8H,4-7H2,1-3H3/t8-,10+/m0/s1. The Labute approximate surface area is 94.4 Å². The third kappa shape index (κ3) is 1.37. The average molecular weight is 232 g/mol. The van der Waals surface area contributed by atoms with Crippen molar-refractivity contribution in [2.24, 2.45) is 5.41 Å². The fourth-order valence-electron chi connectivity index (χ4n) is 2.60. The summed E-state index contributed by atoms with van der Waals surface area (Å²) in [4.78, 5) is 12.1. The number of carbonyl (C=O) groups excluding carboxylic acids is 1. The van der Waals surface area contributed by atoms with E-state index in [2.05, 4.69) is 0 Å². The van der Waals surface area contributed by atoms with Crippen LogP contribution in [0.25, 0.3) is 0 Å². The largest absolute Gasteiger partial charge is 0.272 e. The van der Waals surface area contributed by atoms with Crippen LogP contribution >= 0.6 is 0 Å². The minimum Gasteiger partial charge on any atom is -0.272 e. The first-order valence-electron chi connectivity index (χ1n) is 5.77. The van der Waals surface area contributed by atoms with E-state index < -0.39 is 17.2 Å². The summed E-state index contributed by atoms with van der Waals surface area (Å²) in [5.41, 5.74) is -1.55. The molecule has 2 saturated heterocycles. The Morgan fingerprint density at radius 2 is 2.19 bits per heavy atom. The van der Waals surface area contributed by atoms with Gasteiger partial charge >= 0.3 is 0 Å². The number of rotatable bonds is 2. The summed E-state index contributed by atoms with van der Waals surface area (Å²) in [5, 5.41) is 3.35. The Bertz CT molecular complexity index is 316. The smallest absolute Gasteiger partial charge is 0.260 e. The highest BCUT2D eigenvalue weighted by Crippen LogP contribution is 2.46. The Morgan fingerprint density at radius 1 is 1.56 bits per heavy atom. The van der Waals surface area contributed by atoms with E-state index in [9.17, 15) is 13.6 Å². The molecule has 16 heavy (non-hydrogen) atoms. The van der Waals surface area contributed by atoms with Crippen LogP contribution in [0.1, 0.15) is 33.6 Å². The van der Waals surface area contributed by atoms with E-state index in [0.717, 1.165) is 26.3 Å². The SMILES string of the molecule is CC[C@H]1CCN2C[C@@](C)(C(C)(F)F)C(=O)N12. The van der Waals surface area contributed by atoms with Gasteiger partial charge in [-0.05, 0) is 19.8 Å². The first-order chi connectivity index (χ1) is 7.31. The normalized spacial score (nSPS) is 35.9. The van der Waals surface area contributed by atoms with Crippen LogP contribution in [-0.2, 0) is 4.79 Å². The van der Waals surface area contributed by atoms with Crippen molar-refractivity contribution >= 4 is 5.91 Å². The second-order valence-electron chi connectivity index (χ2n) is 5.11. The second-order valence-corrected chi connectivity index (χ2v) is 5.11. The van der Waals surface area contributed by atoms with Gasteiger partial charge in [-0.1, -0.05) is 6.92 Å². The molecule has 0 aliphatic carbocycles. The molecule has 3 nitrogen and oxygen atoms in total. The number of halogens is 2. The number of nitrogens with zero attached hydrogens (tertiary/aromatic N) is 2. The predicted octanol–water partition coefficient (Wildman–Crippen LogP) is 1.89. The van der Waals surface area contributed by atoms with Crippen molar-refractivity contribution in [1.82, 2.24) is 10.0 Å². The van der Waals surface area contributed by atoms with Crippen molar-refractivity contribution in [3.63, 3.8) is 0 Å². The van der Waals surface area contributed by atoms with Gasteiger partial charge in [0.25, 0.3) is 11.8 Å². The van der Waals surface area contributed by atoms with Crippen LogP contribution < -0.4 is 0 Å². The van der Waals surface area contributed by atoms with E-state index in [1.807, 2.05) is 6.92 Å². The first kappa shape index (κ1) is 11.8. The van der Waals surface area contributed by atoms with E-state index in [0.29, 0.717) is 0 Å². The molecular formula is C11H18F2N2O. The van der Waals surface area contributed by atoms with E-state index >= 15 is 0 Å². The van der Waals surface area contributed by atoms with Crippen molar-refractivity contribution in [2.45, 2.75) is 45.6 Å². The van der Waals surface area contributed by atoms with Gasteiger partial charge < -0.3 is 0 Å². The van der Waals surface area contributed by atoms with Crippen LogP contribution in [0.3, 0.4) is 0 Å². The van der Waals surface area contributed by atoms with Crippen molar-refractivity contribution in [1.29, 1.82) is 0 Å². The Hall–Kier alpha value is -0.710. The molecule has 0 bridgehead atoms. The number of amides is 1. The van der Waals surface area contributed by atoms with Gasteiger partial charge in [-0.25, -0.2) is 13.8 Å². The Balaban J connectivity index is 2.29. The van der Waals surface area contributed by atoms with E-state index in [1.54, 1.807) is 10.0 Å². The summed E-state index contributed by atoms with van der Waals surface area (Å²) >= 11 is 0. The summed E-state index contributed by atoms with van der Waals surface area (Å²) in [6.45, 7) is 5.07. The maximum atomic E-state index is 13.5. The van der Waals surface area contributed by atoms with Crippen molar-refractivity contribution < 1.29 is 13.6 Å². The van der Waals surface area contributed by atoms with Gasteiger partial charge in [0.2, 0.25) is 0 Å². The number of hydrazine groups is 1. The zero-order chi connectivity index (χ0) is 12.1. The van der Waals surface area contributed by atoms with Crippen LogP contribution in [-0.4, -0.2) is 41.0 Å². The summed E-state index contributed by atoms with van der Waals surface area (Å²) in [7, 11) is 0. The molecule has 2 atom stereocenters. The summed E-state index contributed by atoms with van der Waals surface area (Å²) in [6.07, 6.45) is 1.72. The molecule has 0 aromatic carbocycles. The highest BCUT2D eigenvalue weighted by molar-refractivity contribution is 5.85. The molecule has 0 spiro atoms. The number of fused-ring (bicyclic) bond motifs is 1. The van der Waals surface area contributed by atoms with Crippen LogP contribution in [0, 0.1) is 5.41 Å². The summed E-state index contributed by atoms with van der Waals surface area (Å²) in [5.74, 6) is -3.38. The molecule has 2 fully saturated rings. The Kier molecular flexibility index (Phi) is 2.49. The van der Waals surface area contributed by atoms with Gasteiger partial charge in [-0.3, -0.25) is 9.80 Å². The van der Waals surface area contributed by atoms with Gasteiger partial charge in [0.1, 0.15) is 5.41 Å². The van der Waals surface area contributed by atoms with Crippen LogP contribution in [0.2, 0.25) is 0 Å². The molecule has 92 valence electrons. The number of carbonyl (C=O) groups is 1. The zero-order valence-corrected chi connectivity index (χ0v) is 9.96. The van der Waals surface area contributed by atoms with Crippen LogP contribution in [0.5, 0.6) is 0 Å². The molecule has 0 aromatic rings. The van der Waals surface area contributed by atoms with Crippen molar-refractivity contribution in [2.75, 3.05) is 13.1 Å². The lowest BCUT2D eigenvalue weighted by molar-refractivity contribution is -0.156. The van der Waals surface area contributed by atoms with Gasteiger partial charge in [-0.15, -0.1) is 0 Å². The van der Waals surface area contributed by atoms with Crippen molar-refractivity contribution in [3.8, 4) is 0 Å². The minimum atomic E-state index is -2.97. The van der Waals surface area contributed by atoms with E-state index in [-0.39, 0.29) is 12.6 Å². The van der Waals surface area contributed by atoms with E-state index in [1.165, 1.54) is 6.92 Å². The Morgan fingerprint density at radius 3 is 2.69 bits per heavy atom. The molecule has 2 aliphatic rings. The minimum absolute atomic E-state index is 0.108. The second kappa shape index (κ2) is 3.39. The molecule has 5 heteroatoms. The summed E-state index contributed by atoms with van der Waals surface area (Å²) in [6, 6.07) is 0.108. The topological polar surface area (TPSA) is 23.6 Å². The first-order valence-corrected chi connectivity index (χ1v) is 5.77. The highest BCUT2D eigenvalue weighted by atomic mass is 19.3. The monoisotopic (exact) mass is 232 g/mol. The highest BCUT2D eigenvalue weighted by Gasteiger charge is 2.62. The van der Waals surface area contributed by atoms with Crippen LogP contribution in [0.15, 0.2) is 0 Å². The summed E-state index contributed by atoms with van der Waals surface area (Å²) < 4.78 is 27.1. The van der Waals surface area contributed by atoms with E-state index in [4.69, 9.17) is 0 Å². The molecule has 0 radical (unpaired) electrons. The van der Waals surface area contributed by atoms with Gasteiger partial charge in [0, 0.05) is 26.1 Å². The molecule has 2 heterocycles. The average Bonchev–Trinajstić information content (AvgIpc) is 2.66. The third-order valence-corrected chi connectivity index (χ3v) is 3.99. The molecule has 2 aliphatic heterocycles. The molecule has 1 amide bonds. The maximum absolute atomic E-state index is 13.5. The van der Waals surface area contributed by atoms with Gasteiger partial charge in [-0.2, -0.15) is 0 Å². The predicted molar refractivity (Wildman–Crippen MR) is 55.8 cm³/mol. The van der Waals surface area contributed by atoms with Crippen LogP contribution in [0.4, 0.5) is 8.78 Å². The number of alkyl halides is 2. The zero-order valence-electron chi connectivity index (χ0n) is 9.96. The lowest BCUT2D eigenvalue weighted by Crippen LogP contribution is -2.46. The molecule has 0 aromatic heterocycles. The fraction of sp³-hybridized carbons (Fsp3) is 0.909. The third-order valence-electron chi connectivity index (χ3n) is 3.99. The number of hydrogen-bond acceptors (Lipinski definition) is 2. The van der Waals surface area contributed by atoms with Gasteiger partial charge in [0.05, 0.1) is 0 Å². The fourth-order valence-corrected chi connectivity index (χ4v) is 2.60. The maximum Gasteiger partial charge on any atom is 0.260 e. The van der Waals surface area contributed by atoms with Gasteiger partial charge in [0.15, 0.2) is 0 Å².